The van der Waals surface area contributed by atoms with Crippen molar-refractivity contribution in [2.75, 3.05) is 6.54 Å². The SMILES string of the molecule is CCCCCCCCCCCCCNC(=O)c1ccc(N=[N+]=[N-])cc1. The van der Waals surface area contributed by atoms with Gasteiger partial charge in [0.25, 0.3) is 5.91 Å². The number of hydrogen-bond acceptors (Lipinski definition) is 2. The number of azide groups is 1. The highest BCUT2D eigenvalue weighted by atomic mass is 16.1. The van der Waals surface area contributed by atoms with Gasteiger partial charge in [-0.3, -0.25) is 4.79 Å². The minimum Gasteiger partial charge on any atom is -0.352 e. The molecule has 1 rings (SSSR count). The van der Waals surface area contributed by atoms with Gasteiger partial charge in [-0.25, -0.2) is 0 Å². The average Bonchev–Trinajstić information content (AvgIpc) is 2.63. The lowest BCUT2D eigenvalue weighted by Gasteiger charge is -2.06. The first-order chi connectivity index (χ1) is 12.3. The molecule has 25 heavy (non-hydrogen) atoms. The van der Waals surface area contributed by atoms with E-state index in [1.165, 1.54) is 64.2 Å². The molecule has 1 amide bonds. The van der Waals surface area contributed by atoms with Gasteiger partial charge in [0, 0.05) is 22.7 Å². The zero-order chi connectivity index (χ0) is 18.2. The minimum absolute atomic E-state index is 0.0698. The van der Waals surface area contributed by atoms with Crippen LogP contribution in [0.2, 0.25) is 0 Å². The summed E-state index contributed by atoms with van der Waals surface area (Å²) in [5, 5.41) is 6.43. The Labute approximate surface area is 151 Å². The van der Waals surface area contributed by atoms with Crippen LogP contribution in [-0.4, -0.2) is 12.5 Å². The number of rotatable bonds is 14. The number of hydrogen-bond donors (Lipinski definition) is 1. The molecule has 5 heteroatoms. The third kappa shape index (κ3) is 10.5. The largest absolute Gasteiger partial charge is 0.352 e. The third-order valence-corrected chi connectivity index (χ3v) is 4.36. The van der Waals surface area contributed by atoms with Crippen molar-refractivity contribution < 1.29 is 4.79 Å². The topological polar surface area (TPSA) is 77.9 Å². The Morgan fingerprint density at radius 2 is 1.44 bits per heavy atom. The predicted molar refractivity (Wildman–Crippen MR) is 104 cm³/mol. The van der Waals surface area contributed by atoms with E-state index in [0.717, 1.165) is 6.42 Å². The molecule has 0 aliphatic carbocycles. The second-order valence-electron chi connectivity index (χ2n) is 6.53. The van der Waals surface area contributed by atoms with Crippen LogP contribution in [0.3, 0.4) is 0 Å². The van der Waals surface area contributed by atoms with E-state index in [4.69, 9.17) is 5.53 Å². The van der Waals surface area contributed by atoms with Gasteiger partial charge in [0.2, 0.25) is 0 Å². The fraction of sp³-hybridized carbons (Fsp3) is 0.650. The summed E-state index contributed by atoms with van der Waals surface area (Å²) >= 11 is 0. The van der Waals surface area contributed by atoms with Crippen LogP contribution in [0.1, 0.15) is 87.9 Å². The Hall–Kier alpha value is -2.00. The van der Waals surface area contributed by atoms with Crippen LogP contribution in [0.15, 0.2) is 29.4 Å². The molecule has 138 valence electrons. The molecule has 0 fully saturated rings. The molecular formula is C20H32N4O. The molecular weight excluding hydrogens is 312 g/mol. The van der Waals surface area contributed by atoms with Crippen LogP contribution in [0.25, 0.3) is 10.4 Å². The fourth-order valence-electron chi connectivity index (χ4n) is 2.82. The van der Waals surface area contributed by atoms with Crippen LogP contribution in [0, 0.1) is 0 Å². The maximum absolute atomic E-state index is 12.0. The third-order valence-electron chi connectivity index (χ3n) is 4.36. The summed E-state index contributed by atoms with van der Waals surface area (Å²) in [4.78, 5) is 14.7. The summed E-state index contributed by atoms with van der Waals surface area (Å²) in [7, 11) is 0. The molecule has 5 nitrogen and oxygen atoms in total. The van der Waals surface area contributed by atoms with Crippen molar-refractivity contribution in [3.8, 4) is 0 Å². The van der Waals surface area contributed by atoms with E-state index in [2.05, 4.69) is 22.3 Å². The van der Waals surface area contributed by atoms with Gasteiger partial charge >= 0.3 is 0 Å². The molecule has 0 saturated heterocycles. The number of amides is 1. The average molecular weight is 345 g/mol. The molecule has 0 bridgehead atoms. The quantitative estimate of drug-likeness (QED) is 0.174. The highest BCUT2D eigenvalue weighted by Gasteiger charge is 2.04. The number of nitrogens with zero attached hydrogens (tertiary/aromatic N) is 3. The first-order valence-corrected chi connectivity index (χ1v) is 9.71. The molecule has 0 aliphatic rings. The zero-order valence-electron chi connectivity index (χ0n) is 15.5. The van der Waals surface area contributed by atoms with Gasteiger partial charge < -0.3 is 5.32 Å². The lowest BCUT2D eigenvalue weighted by atomic mass is 10.1. The second kappa shape index (κ2) is 14.4. The van der Waals surface area contributed by atoms with Crippen LogP contribution in [0.4, 0.5) is 5.69 Å². The molecule has 1 aromatic carbocycles. The molecule has 0 aliphatic heterocycles. The summed E-state index contributed by atoms with van der Waals surface area (Å²) in [6.07, 6.45) is 14.3. The van der Waals surface area contributed by atoms with Crippen molar-refractivity contribution in [1.82, 2.24) is 5.32 Å². The van der Waals surface area contributed by atoms with Gasteiger partial charge in [-0.2, -0.15) is 0 Å². The van der Waals surface area contributed by atoms with E-state index >= 15 is 0 Å². The Balaban J connectivity index is 1.98. The standard InChI is InChI=1S/C20H32N4O/c1-2-3-4-5-6-7-8-9-10-11-12-17-22-20(25)18-13-15-19(16-14-18)23-24-21/h13-16H,2-12,17H2,1H3,(H,22,25). The molecule has 0 radical (unpaired) electrons. The second-order valence-corrected chi connectivity index (χ2v) is 6.53. The van der Waals surface area contributed by atoms with Gasteiger partial charge in [-0.15, -0.1) is 0 Å². The number of nitrogens with one attached hydrogen (secondary N) is 1. The van der Waals surface area contributed by atoms with Crippen LogP contribution >= 0.6 is 0 Å². The molecule has 0 unspecified atom stereocenters. The van der Waals surface area contributed by atoms with Crippen LogP contribution in [0.5, 0.6) is 0 Å². The Morgan fingerprint density at radius 3 is 1.96 bits per heavy atom. The van der Waals surface area contributed by atoms with Crippen molar-refractivity contribution in [3.63, 3.8) is 0 Å². The highest BCUT2D eigenvalue weighted by molar-refractivity contribution is 5.94. The van der Waals surface area contributed by atoms with E-state index in [9.17, 15) is 4.79 Å². The van der Waals surface area contributed by atoms with Gasteiger partial charge in [-0.1, -0.05) is 88.4 Å². The van der Waals surface area contributed by atoms with Gasteiger partial charge in [0.1, 0.15) is 0 Å². The van der Waals surface area contributed by atoms with Crippen molar-refractivity contribution >= 4 is 11.6 Å². The Morgan fingerprint density at radius 1 is 0.920 bits per heavy atom. The van der Waals surface area contributed by atoms with Crippen LogP contribution in [-0.2, 0) is 0 Å². The minimum atomic E-state index is -0.0698. The summed E-state index contributed by atoms with van der Waals surface area (Å²) in [5.74, 6) is -0.0698. The summed E-state index contributed by atoms with van der Waals surface area (Å²) in [6.45, 7) is 2.97. The molecule has 1 aromatic rings. The first kappa shape index (κ1) is 21.0. The summed E-state index contributed by atoms with van der Waals surface area (Å²) < 4.78 is 0. The maximum atomic E-state index is 12.0. The van der Waals surface area contributed by atoms with Gasteiger partial charge in [-0.05, 0) is 24.1 Å². The summed E-state index contributed by atoms with van der Waals surface area (Å²) in [6, 6.07) is 6.66. The maximum Gasteiger partial charge on any atom is 0.251 e. The number of carbonyl (C=O) groups is 1. The van der Waals surface area contributed by atoms with Crippen LogP contribution < -0.4 is 5.32 Å². The van der Waals surface area contributed by atoms with Crippen molar-refractivity contribution in [3.05, 3.63) is 40.3 Å². The molecule has 0 atom stereocenters. The van der Waals surface area contributed by atoms with Crippen molar-refractivity contribution in [2.24, 2.45) is 5.11 Å². The van der Waals surface area contributed by atoms with E-state index in [0.29, 0.717) is 17.8 Å². The molecule has 0 spiro atoms. The van der Waals surface area contributed by atoms with E-state index < -0.39 is 0 Å². The summed E-state index contributed by atoms with van der Waals surface area (Å²) in [5.41, 5.74) is 9.47. The monoisotopic (exact) mass is 344 g/mol. The Kier molecular flexibility index (Phi) is 12.1. The number of benzene rings is 1. The molecule has 0 saturated carbocycles. The lowest BCUT2D eigenvalue weighted by molar-refractivity contribution is 0.0953. The molecule has 0 heterocycles. The molecule has 0 aromatic heterocycles. The lowest BCUT2D eigenvalue weighted by Crippen LogP contribution is -2.24. The predicted octanol–water partition coefficient (Wildman–Crippen LogP) is 6.67. The fourth-order valence-corrected chi connectivity index (χ4v) is 2.82. The Bertz CT molecular complexity index is 521. The number of unbranched alkanes of at least 4 members (excludes halogenated alkanes) is 10. The normalized spacial score (nSPS) is 10.3. The van der Waals surface area contributed by atoms with Gasteiger partial charge in [0.15, 0.2) is 0 Å². The first-order valence-electron chi connectivity index (χ1n) is 9.71. The van der Waals surface area contributed by atoms with Gasteiger partial charge in [0.05, 0.1) is 0 Å². The van der Waals surface area contributed by atoms with E-state index in [1.807, 2.05) is 0 Å². The van der Waals surface area contributed by atoms with Crippen molar-refractivity contribution in [2.45, 2.75) is 77.6 Å². The highest BCUT2D eigenvalue weighted by Crippen LogP contribution is 2.13. The zero-order valence-corrected chi connectivity index (χ0v) is 15.5. The van der Waals surface area contributed by atoms with Crippen molar-refractivity contribution in [1.29, 1.82) is 0 Å². The molecule has 1 N–H and O–H groups in total. The smallest absolute Gasteiger partial charge is 0.251 e. The number of carbonyl (C=O) groups excluding carboxylic acids is 1. The van der Waals surface area contributed by atoms with E-state index in [-0.39, 0.29) is 5.91 Å². The van der Waals surface area contributed by atoms with E-state index in [1.54, 1.807) is 24.3 Å².